The van der Waals surface area contributed by atoms with Gasteiger partial charge in [-0.3, -0.25) is 4.98 Å². The van der Waals surface area contributed by atoms with Crippen molar-refractivity contribution in [3.8, 4) is 11.1 Å². The Morgan fingerprint density at radius 2 is 1.69 bits per heavy atom. The number of benzene rings is 2. The molecule has 0 spiro atoms. The van der Waals surface area contributed by atoms with Gasteiger partial charge in [-0.1, -0.05) is 35.9 Å². The minimum Gasteiger partial charge on any atom is -0.323 e. The Bertz CT molecular complexity index is 996. The van der Waals surface area contributed by atoms with Gasteiger partial charge in [-0.15, -0.1) is 5.10 Å². The second kappa shape index (κ2) is 7.37. The molecule has 2 aromatic heterocycles. The fourth-order valence-corrected chi connectivity index (χ4v) is 2.88. The lowest BCUT2D eigenvalue weighted by atomic mass is 10.1. The summed E-state index contributed by atoms with van der Waals surface area (Å²) >= 11 is 6.02. The van der Waals surface area contributed by atoms with Crippen LogP contribution < -0.4 is 5.32 Å². The molecule has 4 aromatic rings. The van der Waals surface area contributed by atoms with Gasteiger partial charge >= 0.3 is 0 Å². The van der Waals surface area contributed by atoms with Gasteiger partial charge in [-0.25, -0.2) is 9.67 Å². The molecule has 2 aromatic carbocycles. The van der Waals surface area contributed by atoms with Crippen LogP contribution >= 0.6 is 11.6 Å². The first kappa shape index (κ1) is 16.3. The molecule has 5 nitrogen and oxygen atoms in total. The number of hydrogen-bond acceptors (Lipinski definition) is 4. The molecule has 0 unspecified atom stereocenters. The highest BCUT2D eigenvalue weighted by atomic mass is 35.5. The van der Waals surface area contributed by atoms with Crippen molar-refractivity contribution >= 4 is 23.2 Å². The maximum Gasteiger partial charge on any atom is 0.246 e. The molecular formula is C20H16ClN5. The number of nitrogens with one attached hydrogen (secondary N) is 1. The van der Waals surface area contributed by atoms with E-state index in [4.69, 9.17) is 11.6 Å². The molecule has 2 heterocycles. The van der Waals surface area contributed by atoms with Crippen molar-refractivity contribution in [1.29, 1.82) is 0 Å². The molecule has 4 rings (SSSR count). The molecule has 26 heavy (non-hydrogen) atoms. The minimum absolute atomic E-state index is 0.559. The fraction of sp³-hybridized carbons (Fsp3) is 0.0500. The average Bonchev–Trinajstić information content (AvgIpc) is 3.10. The lowest BCUT2D eigenvalue weighted by Crippen LogP contribution is -2.01. The molecule has 0 aliphatic carbocycles. The van der Waals surface area contributed by atoms with Crippen LogP contribution in [0, 0.1) is 0 Å². The summed E-state index contributed by atoms with van der Waals surface area (Å²) in [6.45, 7) is 0.621. The second-order valence-corrected chi connectivity index (χ2v) is 6.27. The summed E-state index contributed by atoms with van der Waals surface area (Å²) in [5.74, 6) is 0.559. The van der Waals surface area contributed by atoms with Crippen LogP contribution in [0.1, 0.15) is 5.56 Å². The van der Waals surface area contributed by atoms with Crippen LogP contribution in [-0.4, -0.2) is 19.7 Å². The van der Waals surface area contributed by atoms with Crippen molar-refractivity contribution in [2.45, 2.75) is 6.54 Å². The van der Waals surface area contributed by atoms with Crippen molar-refractivity contribution < 1.29 is 0 Å². The van der Waals surface area contributed by atoms with E-state index in [0.717, 1.165) is 27.4 Å². The Labute approximate surface area is 156 Å². The first-order chi connectivity index (χ1) is 12.8. The fourth-order valence-electron chi connectivity index (χ4n) is 2.67. The van der Waals surface area contributed by atoms with Crippen molar-refractivity contribution in [3.63, 3.8) is 0 Å². The molecule has 0 aliphatic rings. The number of halogens is 1. The predicted molar refractivity (Wildman–Crippen MR) is 104 cm³/mol. The van der Waals surface area contributed by atoms with Gasteiger partial charge in [-0.2, -0.15) is 0 Å². The van der Waals surface area contributed by atoms with E-state index in [1.807, 2.05) is 48.5 Å². The third-order valence-electron chi connectivity index (χ3n) is 3.92. The molecule has 0 saturated carbocycles. The Balaban J connectivity index is 1.44. The smallest absolute Gasteiger partial charge is 0.246 e. The summed E-state index contributed by atoms with van der Waals surface area (Å²) in [5.41, 5.74) is 4.28. The van der Waals surface area contributed by atoms with Gasteiger partial charge in [0.25, 0.3) is 0 Å². The molecule has 0 amide bonds. The summed E-state index contributed by atoms with van der Waals surface area (Å²) in [7, 11) is 0. The zero-order valence-electron chi connectivity index (χ0n) is 13.9. The second-order valence-electron chi connectivity index (χ2n) is 5.83. The SMILES string of the molecule is Clc1cccc(Cn2cnc(Nc3ccc(-c4ccncc4)cc3)n2)c1. The number of pyridine rings is 1. The Morgan fingerprint density at radius 3 is 2.46 bits per heavy atom. The topological polar surface area (TPSA) is 55.6 Å². The lowest BCUT2D eigenvalue weighted by Gasteiger charge is -2.05. The highest BCUT2D eigenvalue weighted by Crippen LogP contribution is 2.21. The van der Waals surface area contributed by atoms with Gasteiger partial charge in [0.1, 0.15) is 6.33 Å². The highest BCUT2D eigenvalue weighted by Gasteiger charge is 2.04. The average molecular weight is 362 g/mol. The summed E-state index contributed by atoms with van der Waals surface area (Å²) in [4.78, 5) is 8.35. The summed E-state index contributed by atoms with van der Waals surface area (Å²) in [6, 6.07) is 19.8. The van der Waals surface area contributed by atoms with E-state index >= 15 is 0 Å². The van der Waals surface area contributed by atoms with E-state index in [1.165, 1.54) is 0 Å². The maximum atomic E-state index is 6.02. The summed E-state index contributed by atoms with van der Waals surface area (Å²) in [6.07, 6.45) is 5.28. The molecule has 128 valence electrons. The summed E-state index contributed by atoms with van der Waals surface area (Å²) < 4.78 is 1.78. The molecule has 0 bridgehead atoms. The van der Waals surface area contributed by atoms with Crippen LogP contribution in [0.15, 0.2) is 79.4 Å². The van der Waals surface area contributed by atoms with Gasteiger partial charge in [0.2, 0.25) is 5.95 Å². The van der Waals surface area contributed by atoms with Crippen LogP contribution in [0.2, 0.25) is 5.02 Å². The predicted octanol–water partition coefficient (Wildman–Crippen LogP) is 4.79. The zero-order valence-corrected chi connectivity index (χ0v) is 14.6. The largest absolute Gasteiger partial charge is 0.323 e. The highest BCUT2D eigenvalue weighted by molar-refractivity contribution is 6.30. The van der Waals surface area contributed by atoms with Crippen molar-refractivity contribution in [2.24, 2.45) is 0 Å². The standard InChI is InChI=1S/C20H16ClN5/c21-18-3-1-2-15(12-18)13-26-14-23-20(25-26)24-19-6-4-16(5-7-19)17-8-10-22-11-9-17/h1-12,14H,13H2,(H,24,25). The van der Waals surface area contributed by atoms with Gasteiger partial charge in [0.05, 0.1) is 6.54 Å². The van der Waals surface area contributed by atoms with Gasteiger partial charge in [0.15, 0.2) is 0 Å². The number of aromatic nitrogens is 4. The van der Waals surface area contributed by atoms with Gasteiger partial charge < -0.3 is 5.32 Å². The monoisotopic (exact) mass is 361 g/mol. The quantitative estimate of drug-likeness (QED) is 0.555. The van der Waals surface area contributed by atoms with E-state index in [2.05, 4.69) is 32.5 Å². The van der Waals surface area contributed by atoms with Crippen LogP contribution in [0.3, 0.4) is 0 Å². The van der Waals surface area contributed by atoms with E-state index < -0.39 is 0 Å². The van der Waals surface area contributed by atoms with Crippen LogP contribution in [0.4, 0.5) is 11.6 Å². The molecule has 0 fully saturated rings. The van der Waals surface area contributed by atoms with Crippen molar-refractivity contribution in [2.75, 3.05) is 5.32 Å². The Hall–Kier alpha value is -3.18. The summed E-state index contributed by atoms with van der Waals surface area (Å²) in [5, 5.41) is 8.39. The molecule has 1 N–H and O–H groups in total. The molecule has 0 atom stereocenters. The normalized spacial score (nSPS) is 10.7. The van der Waals surface area contributed by atoms with Gasteiger partial charge in [-0.05, 0) is 53.1 Å². The third kappa shape index (κ3) is 3.90. The molecule has 0 saturated heterocycles. The van der Waals surface area contributed by atoms with E-state index in [-0.39, 0.29) is 0 Å². The zero-order chi connectivity index (χ0) is 17.8. The number of rotatable bonds is 5. The first-order valence-electron chi connectivity index (χ1n) is 8.18. The molecule has 0 radical (unpaired) electrons. The number of nitrogens with zero attached hydrogens (tertiary/aromatic N) is 4. The van der Waals surface area contributed by atoms with Crippen LogP contribution in [-0.2, 0) is 6.54 Å². The molecular weight excluding hydrogens is 346 g/mol. The molecule has 6 heteroatoms. The maximum absolute atomic E-state index is 6.02. The minimum atomic E-state index is 0.559. The van der Waals surface area contributed by atoms with Crippen LogP contribution in [0.5, 0.6) is 0 Å². The molecule has 0 aliphatic heterocycles. The Kier molecular flexibility index (Phi) is 4.62. The van der Waals surface area contributed by atoms with Crippen molar-refractivity contribution in [3.05, 3.63) is 90.0 Å². The number of hydrogen-bond donors (Lipinski definition) is 1. The van der Waals surface area contributed by atoms with E-state index in [9.17, 15) is 0 Å². The third-order valence-corrected chi connectivity index (χ3v) is 4.16. The Morgan fingerprint density at radius 1 is 0.923 bits per heavy atom. The van der Waals surface area contributed by atoms with E-state index in [1.54, 1.807) is 23.4 Å². The van der Waals surface area contributed by atoms with E-state index in [0.29, 0.717) is 12.5 Å². The first-order valence-corrected chi connectivity index (χ1v) is 8.55. The van der Waals surface area contributed by atoms with Gasteiger partial charge in [0, 0.05) is 23.1 Å². The number of anilines is 2. The lowest BCUT2D eigenvalue weighted by molar-refractivity contribution is 0.687. The van der Waals surface area contributed by atoms with Crippen LogP contribution in [0.25, 0.3) is 11.1 Å². The van der Waals surface area contributed by atoms with Crippen molar-refractivity contribution in [1.82, 2.24) is 19.7 Å².